The normalized spacial score (nSPS) is 11.0. The van der Waals surface area contributed by atoms with Crippen molar-refractivity contribution in [2.45, 2.75) is 13.3 Å². The number of hydrogen-bond donors (Lipinski definition) is 0. The maximum absolute atomic E-state index is 13.3. The van der Waals surface area contributed by atoms with Crippen LogP contribution in [0.2, 0.25) is 0 Å². The smallest absolute Gasteiger partial charge is 0.141 e. The van der Waals surface area contributed by atoms with E-state index in [-0.39, 0.29) is 5.82 Å². The topological polar surface area (TPSA) is 0 Å². The minimum atomic E-state index is -0.0971. The fraction of sp³-hybridized carbons (Fsp3) is 0.200. The van der Waals surface area contributed by atoms with Gasteiger partial charge in [0.25, 0.3) is 0 Å². The minimum absolute atomic E-state index is 0.0971. The lowest BCUT2D eigenvalue weighted by Gasteiger charge is -1.98. The highest BCUT2D eigenvalue weighted by molar-refractivity contribution is 14.1. The van der Waals surface area contributed by atoms with Crippen LogP contribution in [0.3, 0.4) is 0 Å². The van der Waals surface area contributed by atoms with Gasteiger partial charge >= 0.3 is 0 Å². The first-order valence-electron chi connectivity index (χ1n) is 4.08. The minimum Gasteiger partial charge on any atom is -0.205 e. The van der Waals surface area contributed by atoms with E-state index < -0.39 is 0 Å². The van der Waals surface area contributed by atoms with Crippen molar-refractivity contribution < 1.29 is 4.39 Å². The number of thiophene rings is 1. The highest BCUT2D eigenvalue weighted by atomic mass is 127. The highest BCUT2D eigenvalue weighted by Crippen LogP contribution is 2.31. The van der Waals surface area contributed by atoms with E-state index in [4.69, 9.17) is 0 Å². The SMILES string of the molecule is CCc1ccc(F)c2sc(I)cc12. The van der Waals surface area contributed by atoms with Gasteiger partial charge in [0.1, 0.15) is 5.82 Å². The molecule has 1 aromatic carbocycles. The number of hydrogen-bond acceptors (Lipinski definition) is 1. The molecule has 0 amide bonds. The molecule has 0 saturated carbocycles. The second kappa shape index (κ2) is 3.53. The lowest BCUT2D eigenvalue weighted by Crippen LogP contribution is -1.82. The van der Waals surface area contributed by atoms with Crippen molar-refractivity contribution in [1.82, 2.24) is 0 Å². The Morgan fingerprint density at radius 2 is 2.23 bits per heavy atom. The lowest BCUT2D eigenvalue weighted by atomic mass is 10.1. The molecule has 1 heterocycles. The molecule has 0 unspecified atom stereocenters. The molecule has 0 aliphatic rings. The fourth-order valence-electron chi connectivity index (χ4n) is 1.42. The van der Waals surface area contributed by atoms with E-state index in [0.29, 0.717) is 0 Å². The van der Waals surface area contributed by atoms with Crippen LogP contribution >= 0.6 is 33.9 Å². The molecule has 0 fully saturated rings. The summed E-state index contributed by atoms with van der Waals surface area (Å²) >= 11 is 3.75. The van der Waals surface area contributed by atoms with Crippen molar-refractivity contribution in [2.75, 3.05) is 0 Å². The number of rotatable bonds is 1. The van der Waals surface area contributed by atoms with Gasteiger partial charge in [-0.05, 0) is 52.1 Å². The third kappa shape index (κ3) is 1.59. The zero-order chi connectivity index (χ0) is 9.42. The molecule has 0 aliphatic heterocycles. The van der Waals surface area contributed by atoms with Crippen LogP contribution in [0.4, 0.5) is 4.39 Å². The second-order valence-electron chi connectivity index (χ2n) is 2.85. The number of benzene rings is 1. The summed E-state index contributed by atoms with van der Waals surface area (Å²) in [5.74, 6) is -0.0971. The van der Waals surface area contributed by atoms with E-state index in [1.807, 2.05) is 6.07 Å². The predicted molar refractivity (Wildman–Crippen MR) is 63.9 cm³/mol. The quantitative estimate of drug-likeness (QED) is 0.692. The van der Waals surface area contributed by atoms with E-state index in [0.717, 1.165) is 19.4 Å². The molecular formula is C10H8FIS. The summed E-state index contributed by atoms with van der Waals surface area (Å²) in [7, 11) is 0. The Morgan fingerprint density at radius 1 is 1.46 bits per heavy atom. The summed E-state index contributed by atoms with van der Waals surface area (Å²) in [6.07, 6.45) is 0.962. The number of aryl methyl sites for hydroxylation is 1. The van der Waals surface area contributed by atoms with Gasteiger partial charge in [-0.3, -0.25) is 0 Å². The van der Waals surface area contributed by atoms with Gasteiger partial charge in [-0.1, -0.05) is 13.0 Å². The third-order valence-corrected chi connectivity index (χ3v) is 3.98. The fourth-order valence-corrected chi connectivity index (χ4v) is 3.23. The van der Waals surface area contributed by atoms with Gasteiger partial charge in [-0.15, -0.1) is 11.3 Å². The monoisotopic (exact) mass is 306 g/mol. The Hall–Kier alpha value is -0.160. The van der Waals surface area contributed by atoms with Crippen LogP contribution in [0.1, 0.15) is 12.5 Å². The van der Waals surface area contributed by atoms with Crippen LogP contribution in [0.5, 0.6) is 0 Å². The predicted octanol–water partition coefficient (Wildman–Crippen LogP) is 4.21. The van der Waals surface area contributed by atoms with Crippen molar-refractivity contribution in [3.63, 3.8) is 0 Å². The molecule has 3 heteroatoms. The zero-order valence-corrected chi connectivity index (χ0v) is 10.1. The van der Waals surface area contributed by atoms with Gasteiger partial charge in [0.05, 0.1) is 7.58 Å². The van der Waals surface area contributed by atoms with Crippen molar-refractivity contribution in [3.05, 3.63) is 32.5 Å². The molecule has 0 N–H and O–H groups in total. The van der Waals surface area contributed by atoms with Crippen LogP contribution in [-0.2, 0) is 6.42 Å². The summed E-state index contributed by atoms with van der Waals surface area (Å²) in [5.41, 5.74) is 1.23. The van der Waals surface area contributed by atoms with Crippen LogP contribution in [-0.4, -0.2) is 0 Å². The van der Waals surface area contributed by atoms with Gasteiger partial charge in [-0.2, -0.15) is 0 Å². The van der Waals surface area contributed by atoms with Crippen molar-refractivity contribution in [3.8, 4) is 0 Å². The Morgan fingerprint density at radius 3 is 2.92 bits per heavy atom. The Kier molecular flexibility index (Phi) is 2.55. The van der Waals surface area contributed by atoms with Gasteiger partial charge in [-0.25, -0.2) is 4.39 Å². The Balaban J connectivity index is 2.83. The molecule has 2 aromatic rings. The molecule has 0 nitrogen and oxygen atoms in total. The average Bonchev–Trinajstić information content (AvgIpc) is 2.48. The molecule has 0 atom stereocenters. The summed E-state index contributed by atoms with van der Waals surface area (Å²) in [6.45, 7) is 2.09. The molecule has 13 heavy (non-hydrogen) atoms. The molecule has 2 rings (SSSR count). The Labute approximate surface area is 93.9 Å². The highest BCUT2D eigenvalue weighted by Gasteiger charge is 2.07. The van der Waals surface area contributed by atoms with Gasteiger partial charge < -0.3 is 0 Å². The number of fused-ring (bicyclic) bond motifs is 1. The largest absolute Gasteiger partial charge is 0.205 e. The van der Waals surface area contributed by atoms with Gasteiger partial charge in [0, 0.05) is 0 Å². The van der Waals surface area contributed by atoms with E-state index in [1.165, 1.54) is 16.9 Å². The third-order valence-electron chi connectivity index (χ3n) is 2.08. The second-order valence-corrected chi connectivity index (χ2v) is 5.80. The maximum atomic E-state index is 13.3. The summed E-state index contributed by atoms with van der Waals surface area (Å²) in [4.78, 5) is 0. The van der Waals surface area contributed by atoms with E-state index >= 15 is 0 Å². The molecule has 0 bridgehead atoms. The van der Waals surface area contributed by atoms with Gasteiger partial charge in [0.2, 0.25) is 0 Å². The first-order chi connectivity index (χ1) is 6.22. The molecule has 1 aromatic heterocycles. The van der Waals surface area contributed by atoms with Crippen LogP contribution < -0.4 is 0 Å². The van der Waals surface area contributed by atoms with Crippen molar-refractivity contribution >= 4 is 44.0 Å². The zero-order valence-electron chi connectivity index (χ0n) is 7.10. The van der Waals surface area contributed by atoms with Crippen molar-refractivity contribution in [2.24, 2.45) is 0 Å². The first kappa shape index (κ1) is 9.40. The molecule has 0 radical (unpaired) electrons. The first-order valence-corrected chi connectivity index (χ1v) is 5.98. The van der Waals surface area contributed by atoms with Gasteiger partial charge in [0.15, 0.2) is 0 Å². The molecule has 68 valence electrons. The van der Waals surface area contributed by atoms with E-state index in [9.17, 15) is 4.39 Å². The van der Waals surface area contributed by atoms with Crippen LogP contribution in [0.15, 0.2) is 18.2 Å². The molecule has 0 saturated heterocycles. The lowest BCUT2D eigenvalue weighted by molar-refractivity contribution is 0.641. The number of halogens is 2. The molecular weight excluding hydrogens is 298 g/mol. The Bertz CT molecular complexity index is 447. The van der Waals surface area contributed by atoms with E-state index in [2.05, 4.69) is 35.6 Å². The standard InChI is InChI=1S/C10H8FIS/c1-2-6-3-4-8(11)10-7(6)5-9(12)13-10/h3-5H,2H2,1H3. The molecule has 0 spiro atoms. The van der Waals surface area contributed by atoms with Crippen LogP contribution in [0, 0.1) is 8.70 Å². The van der Waals surface area contributed by atoms with E-state index in [1.54, 1.807) is 6.07 Å². The summed E-state index contributed by atoms with van der Waals surface area (Å²) < 4.78 is 15.3. The summed E-state index contributed by atoms with van der Waals surface area (Å²) in [6, 6.07) is 5.50. The maximum Gasteiger partial charge on any atom is 0.141 e. The van der Waals surface area contributed by atoms with Crippen LogP contribution in [0.25, 0.3) is 10.1 Å². The van der Waals surface area contributed by atoms with Crippen molar-refractivity contribution in [1.29, 1.82) is 0 Å². The summed E-state index contributed by atoms with van der Waals surface area (Å²) in [5, 5.41) is 1.08. The molecule has 0 aliphatic carbocycles. The average molecular weight is 306 g/mol.